The highest BCUT2D eigenvalue weighted by Crippen LogP contribution is 2.21. The fraction of sp³-hybridized carbons (Fsp3) is 0.467. The average Bonchev–Trinajstić information content (AvgIpc) is 2.95. The van der Waals surface area contributed by atoms with Crippen molar-refractivity contribution in [1.82, 2.24) is 9.88 Å². The smallest absolute Gasteiger partial charge is 0.123 e. The van der Waals surface area contributed by atoms with Gasteiger partial charge in [-0.3, -0.25) is 0 Å². The van der Waals surface area contributed by atoms with Crippen molar-refractivity contribution in [3.63, 3.8) is 0 Å². The quantitative estimate of drug-likeness (QED) is 0.878. The number of rotatable bonds is 3. The lowest BCUT2D eigenvalue weighted by atomic mass is 10.2. The number of hydrogen-bond donors (Lipinski definition) is 1. The third-order valence-corrected chi connectivity index (χ3v) is 4.03. The lowest BCUT2D eigenvalue weighted by Gasteiger charge is -2.12. The first-order chi connectivity index (χ1) is 8.74. The summed E-state index contributed by atoms with van der Waals surface area (Å²) in [6, 6.07) is 7.73. The third-order valence-electron chi connectivity index (χ3n) is 4.03. The summed E-state index contributed by atoms with van der Waals surface area (Å²) >= 11 is 0. The Balaban J connectivity index is 1.80. The molecule has 0 spiro atoms. The van der Waals surface area contributed by atoms with Gasteiger partial charge in [-0.25, -0.2) is 4.39 Å². The number of hydrogen-bond acceptors (Lipinski definition) is 1. The van der Waals surface area contributed by atoms with E-state index in [1.54, 1.807) is 6.07 Å². The second-order valence-electron chi connectivity index (χ2n) is 5.26. The number of nitrogens with one attached hydrogen (secondary N) is 1. The molecule has 1 aliphatic carbocycles. The maximum Gasteiger partial charge on any atom is 0.123 e. The Hall–Kier alpha value is -1.35. The molecule has 0 saturated heterocycles. The summed E-state index contributed by atoms with van der Waals surface area (Å²) in [6.45, 7) is 0.872. The predicted octanol–water partition coefficient (Wildman–Crippen LogP) is 3.35. The predicted molar refractivity (Wildman–Crippen MR) is 72.0 cm³/mol. The molecular formula is C15H19FN2. The molecule has 0 aliphatic heterocycles. The minimum Gasteiger partial charge on any atom is -0.346 e. The molecule has 1 aromatic heterocycles. The van der Waals surface area contributed by atoms with Crippen LogP contribution in [0, 0.1) is 5.82 Å². The molecule has 3 rings (SSSR count). The van der Waals surface area contributed by atoms with E-state index in [1.807, 2.05) is 13.1 Å². The summed E-state index contributed by atoms with van der Waals surface area (Å²) in [7, 11) is 2.05. The van der Waals surface area contributed by atoms with Crippen LogP contribution in [0.3, 0.4) is 0 Å². The molecule has 1 aromatic carbocycles. The Morgan fingerprint density at radius 3 is 2.83 bits per heavy atom. The van der Waals surface area contributed by atoms with Crippen molar-refractivity contribution in [2.45, 2.75) is 38.3 Å². The second kappa shape index (κ2) is 4.73. The van der Waals surface area contributed by atoms with E-state index in [9.17, 15) is 4.39 Å². The fourth-order valence-corrected chi connectivity index (χ4v) is 2.93. The van der Waals surface area contributed by atoms with Crippen LogP contribution in [0.2, 0.25) is 0 Å². The van der Waals surface area contributed by atoms with Crippen LogP contribution < -0.4 is 5.32 Å². The highest BCUT2D eigenvalue weighted by atomic mass is 19.1. The van der Waals surface area contributed by atoms with E-state index in [4.69, 9.17) is 0 Å². The van der Waals surface area contributed by atoms with Gasteiger partial charge in [0, 0.05) is 36.2 Å². The largest absolute Gasteiger partial charge is 0.346 e. The van der Waals surface area contributed by atoms with Crippen LogP contribution >= 0.6 is 0 Å². The van der Waals surface area contributed by atoms with Crippen LogP contribution in [0.1, 0.15) is 31.4 Å². The Bertz CT molecular complexity index is 553. The summed E-state index contributed by atoms with van der Waals surface area (Å²) < 4.78 is 15.3. The van der Waals surface area contributed by atoms with E-state index >= 15 is 0 Å². The van der Waals surface area contributed by atoms with E-state index in [1.165, 1.54) is 37.4 Å². The van der Waals surface area contributed by atoms with Crippen LogP contribution in [0.25, 0.3) is 10.9 Å². The Morgan fingerprint density at radius 2 is 2.06 bits per heavy atom. The van der Waals surface area contributed by atoms with Gasteiger partial charge in [0.1, 0.15) is 5.82 Å². The van der Waals surface area contributed by atoms with Gasteiger partial charge in [0.25, 0.3) is 0 Å². The van der Waals surface area contributed by atoms with Crippen molar-refractivity contribution >= 4 is 10.9 Å². The van der Waals surface area contributed by atoms with E-state index in [0.29, 0.717) is 6.04 Å². The molecule has 2 nitrogen and oxygen atoms in total. The zero-order chi connectivity index (χ0) is 12.5. The molecule has 3 heteroatoms. The van der Waals surface area contributed by atoms with Crippen molar-refractivity contribution in [3.05, 3.63) is 35.8 Å². The zero-order valence-electron chi connectivity index (χ0n) is 10.7. The van der Waals surface area contributed by atoms with Crippen molar-refractivity contribution in [3.8, 4) is 0 Å². The normalized spacial score (nSPS) is 16.8. The van der Waals surface area contributed by atoms with E-state index in [0.717, 1.165) is 17.4 Å². The van der Waals surface area contributed by atoms with E-state index < -0.39 is 0 Å². The maximum atomic E-state index is 13.2. The monoisotopic (exact) mass is 246 g/mol. The summed E-state index contributed by atoms with van der Waals surface area (Å²) in [5, 5.41) is 4.59. The number of benzene rings is 1. The summed E-state index contributed by atoms with van der Waals surface area (Å²) in [5.74, 6) is -0.164. The number of fused-ring (bicyclic) bond motifs is 1. The average molecular weight is 246 g/mol. The van der Waals surface area contributed by atoms with Gasteiger partial charge in [0.05, 0.1) is 0 Å². The fourth-order valence-electron chi connectivity index (χ4n) is 2.93. The van der Waals surface area contributed by atoms with Crippen LogP contribution in [0.5, 0.6) is 0 Å². The summed E-state index contributed by atoms with van der Waals surface area (Å²) in [6.07, 6.45) is 5.27. The van der Waals surface area contributed by atoms with Gasteiger partial charge in [-0.15, -0.1) is 0 Å². The van der Waals surface area contributed by atoms with Gasteiger partial charge in [-0.1, -0.05) is 12.8 Å². The van der Waals surface area contributed by atoms with Crippen LogP contribution in [-0.4, -0.2) is 10.6 Å². The molecule has 0 bridgehead atoms. The van der Waals surface area contributed by atoms with Crippen LogP contribution in [-0.2, 0) is 13.6 Å². The molecule has 18 heavy (non-hydrogen) atoms. The molecule has 0 radical (unpaired) electrons. The summed E-state index contributed by atoms with van der Waals surface area (Å²) in [5.41, 5.74) is 2.32. The molecule has 96 valence electrons. The molecule has 0 unspecified atom stereocenters. The van der Waals surface area contributed by atoms with Gasteiger partial charge >= 0.3 is 0 Å². The number of aromatic nitrogens is 1. The minimum atomic E-state index is -0.164. The van der Waals surface area contributed by atoms with Gasteiger partial charge < -0.3 is 9.88 Å². The van der Waals surface area contributed by atoms with Crippen molar-refractivity contribution in [1.29, 1.82) is 0 Å². The van der Waals surface area contributed by atoms with Crippen LogP contribution in [0.4, 0.5) is 4.39 Å². The highest BCUT2D eigenvalue weighted by Gasteiger charge is 2.15. The topological polar surface area (TPSA) is 17.0 Å². The number of nitrogens with zero attached hydrogens (tertiary/aromatic N) is 1. The SMILES string of the molecule is Cn1c(CNC2CCCC2)cc2cc(F)ccc21. The molecular weight excluding hydrogens is 227 g/mol. The number of halogens is 1. The summed E-state index contributed by atoms with van der Waals surface area (Å²) in [4.78, 5) is 0. The molecule has 2 aromatic rings. The first kappa shape index (κ1) is 11.7. The molecule has 1 N–H and O–H groups in total. The molecule has 1 fully saturated rings. The second-order valence-corrected chi connectivity index (χ2v) is 5.26. The lowest BCUT2D eigenvalue weighted by Crippen LogP contribution is -2.26. The van der Waals surface area contributed by atoms with Crippen molar-refractivity contribution in [2.75, 3.05) is 0 Å². The Morgan fingerprint density at radius 1 is 1.28 bits per heavy atom. The van der Waals surface area contributed by atoms with E-state index in [2.05, 4.69) is 16.0 Å². The molecule has 0 atom stereocenters. The van der Waals surface area contributed by atoms with Gasteiger partial charge in [0.15, 0.2) is 0 Å². The van der Waals surface area contributed by atoms with Gasteiger partial charge in [-0.05, 0) is 37.1 Å². The first-order valence-corrected chi connectivity index (χ1v) is 6.71. The first-order valence-electron chi connectivity index (χ1n) is 6.71. The van der Waals surface area contributed by atoms with Gasteiger partial charge in [-0.2, -0.15) is 0 Å². The van der Waals surface area contributed by atoms with Crippen molar-refractivity contribution < 1.29 is 4.39 Å². The Labute approximate surface area is 107 Å². The molecule has 0 amide bonds. The standard InChI is InChI=1S/C15H19FN2/c1-18-14(10-17-13-4-2-3-5-13)9-11-8-12(16)6-7-15(11)18/h6-9,13,17H,2-5,10H2,1H3. The Kier molecular flexibility index (Phi) is 3.08. The van der Waals surface area contributed by atoms with Crippen LogP contribution in [0.15, 0.2) is 24.3 Å². The lowest BCUT2D eigenvalue weighted by molar-refractivity contribution is 0.514. The molecule has 1 saturated carbocycles. The third kappa shape index (κ3) is 2.15. The number of aryl methyl sites for hydroxylation is 1. The zero-order valence-corrected chi connectivity index (χ0v) is 10.7. The van der Waals surface area contributed by atoms with Gasteiger partial charge in [0.2, 0.25) is 0 Å². The van der Waals surface area contributed by atoms with E-state index in [-0.39, 0.29) is 5.82 Å². The van der Waals surface area contributed by atoms with Crippen molar-refractivity contribution in [2.24, 2.45) is 7.05 Å². The highest BCUT2D eigenvalue weighted by molar-refractivity contribution is 5.81. The minimum absolute atomic E-state index is 0.164. The maximum absolute atomic E-state index is 13.2. The molecule has 1 heterocycles. The molecule has 1 aliphatic rings.